The van der Waals surface area contributed by atoms with Crippen molar-refractivity contribution in [3.05, 3.63) is 22.3 Å². The fourth-order valence-corrected chi connectivity index (χ4v) is 1.34. The lowest BCUT2D eigenvalue weighted by Crippen LogP contribution is -2.22. The summed E-state index contributed by atoms with van der Waals surface area (Å²) in [5, 5.41) is 1.20. The molecule has 0 aromatic heterocycles. The fraction of sp³-hybridized carbons (Fsp3) is 0.545. The number of hydrogen-bond donors (Lipinski definition) is 0. The summed E-state index contributed by atoms with van der Waals surface area (Å²) < 4.78 is 1.19. The van der Waals surface area contributed by atoms with Gasteiger partial charge in [-0.3, -0.25) is 9.63 Å². The van der Waals surface area contributed by atoms with Crippen LogP contribution in [0.2, 0.25) is 0 Å². The average Bonchev–Trinajstić information content (AvgIpc) is 2.21. The summed E-state index contributed by atoms with van der Waals surface area (Å²) in [7, 11) is 3.06. The number of halogens is 1. The topological polar surface area (TPSA) is 29.5 Å². The maximum atomic E-state index is 11.2. The van der Waals surface area contributed by atoms with E-state index in [1.165, 1.54) is 15.8 Å². The minimum atomic E-state index is -0.129. The van der Waals surface area contributed by atoms with Crippen LogP contribution in [-0.4, -0.2) is 25.1 Å². The Labute approximate surface area is 105 Å². The van der Waals surface area contributed by atoms with Gasteiger partial charge in [0.05, 0.1) is 7.11 Å². The first kappa shape index (κ1) is 14.6. The number of carbonyl (C=O) groups is 1. The first-order valence-electron chi connectivity index (χ1n) is 4.89. The van der Waals surface area contributed by atoms with Gasteiger partial charge in [0, 0.05) is 13.1 Å². The number of hydroxylamine groups is 2. The second-order valence-electron chi connectivity index (χ2n) is 3.18. The second kappa shape index (κ2) is 8.91. The Kier molecular flexibility index (Phi) is 8.70. The van der Waals surface area contributed by atoms with Crippen molar-refractivity contribution in [3.63, 3.8) is 0 Å². The van der Waals surface area contributed by atoms with E-state index in [2.05, 4.69) is 29.2 Å². The normalized spacial score (nSPS) is 10.6. The summed E-state index contributed by atoms with van der Waals surface area (Å²) in [6.45, 7) is 3.83. The van der Waals surface area contributed by atoms with Gasteiger partial charge in [-0.15, -0.1) is 0 Å². The first-order chi connectivity index (χ1) is 7.07. The lowest BCUT2D eigenvalue weighted by atomic mass is 10.2. The highest BCUT2D eigenvalue weighted by Crippen LogP contribution is 2.12. The second-order valence-corrected chi connectivity index (χ2v) is 4.71. The molecular formula is C11H18INO2. The third-order valence-electron chi connectivity index (χ3n) is 1.91. The summed E-state index contributed by atoms with van der Waals surface area (Å²) in [4.78, 5) is 16.0. The van der Waals surface area contributed by atoms with Gasteiger partial charge >= 0.3 is 0 Å². The third-order valence-corrected chi connectivity index (χ3v) is 2.45. The third kappa shape index (κ3) is 8.62. The molecule has 0 saturated heterocycles. The van der Waals surface area contributed by atoms with Crippen molar-refractivity contribution in [2.75, 3.05) is 14.2 Å². The lowest BCUT2D eigenvalue weighted by molar-refractivity contribution is -0.162. The van der Waals surface area contributed by atoms with Gasteiger partial charge < -0.3 is 0 Å². The molecule has 0 aliphatic heterocycles. The molecule has 0 bridgehead atoms. The molecule has 0 radical (unpaired) electrons. The van der Waals surface area contributed by atoms with Crippen molar-refractivity contribution in [3.8, 4) is 0 Å². The molecular weight excluding hydrogens is 305 g/mol. The highest BCUT2D eigenvalue weighted by molar-refractivity contribution is 14.1. The van der Waals surface area contributed by atoms with E-state index in [-0.39, 0.29) is 5.91 Å². The Bertz CT molecular complexity index is 239. The molecule has 0 heterocycles. The van der Waals surface area contributed by atoms with Crippen molar-refractivity contribution in [1.82, 2.24) is 5.06 Å². The number of unbranched alkanes of at least 4 members (excludes halogenated alkanes) is 2. The van der Waals surface area contributed by atoms with Gasteiger partial charge in [-0.25, -0.2) is 5.06 Å². The number of carbonyl (C=O) groups excluding carboxylic acids is 1. The summed E-state index contributed by atoms with van der Waals surface area (Å²) in [6, 6.07) is 0. The van der Waals surface area contributed by atoms with Crippen LogP contribution in [0.3, 0.4) is 0 Å². The minimum Gasteiger partial charge on any atom is -0.274 e. The van der Waals surface area contributed by atoms with Gasteiger partial charge in [0.1, 0.15) is 0 Å². The Balaban J connectivity index is 3.54. The van der Waals surface area contributed by atoms with Crippen LogP contribution < -0.4 is 0 Å². The minimum absolute atomic E-state index is 0.129. The Morgan fingerprint density at radius 1 is 1.53 bits per heavy atom. The standard InChI is InChI=1S/C11H18INO2/c1-10(12)8-6-4-5-7-9-11(14)13(2)15-3/h7,9H,1,4-6,8H2,2-3H3/b9-7+. The van der Waals surface area contributed by atoms with Crippen LogP contribution in [-0.2, 0) is 9.63 Å². The van der Waals surface area contributed by atoms with E-state index in [1.807, 2.05) is 6.08 Å². The number of amides is 1. The largest absolute Gasteiger partial charge is 0.274 e. The van der Waals surface area contributed by atoms with Crippen molar-refractivity contribution in [2.45, 2.75) is 25.7 Å². The predicted octanol–water partition coefficient (Wildman–Crippen LogP) is 3.07. The molecule has 0 N–H and O–H groups in total. The molecule has 1 amide bonds. The van der Waals surface area contributed by atoms with Crippen LogP contribution in [0.25, 0.3) is 0 Å². The summed E-state index contributed by atoms with van der Waals surface area (Å²) >= 11 is 2.24. The van der Waals surface area contributed by atoms with Crippen LogP contribution >= 0.6 is 22.6 Å². The molecule has 0 atom stereocenters. The van der Waals surface area contributed by atoms with E-state index >= 15 is 0 Å². The zero-order valence-electron chi connectivity index (χ0n) is 9.33. The number of likely N-dealkylation sites (N-methyl/N-ethyl adjacent to an activating group) is 1. The Hall–Kier alpha value is -0.360. The van der Waals surface area contributed by atoms with Crippen LogP contribution in [0.15, 0.2) is 22.3 Å². The van der Waals surface area contributed by atoms with Gasteiger partial charge in [-0.05, 0) is 51.9 Å². The zero-order valence-corrected chi connectivity index (χ0v) is 11.5. The molecule has 0 aliphatic rings. The molecule has 4 heteroatoms. The summed E-state index contributed by atoms with van der Waals surface area (Å²) in [5.41, 5.74) is 0. The molecule has 0 aliphatic carbocycles. The van der Waals surface area contributed by atoms with Gasteiger partial charge in [-0.2, -0.15) is 0 Å². The van der Waals surface area contributed by atoms with E-state index in [0.717, 1.165) is 25.7 Å². The van der Waals surface area contributed by atoms with Crippen LogP contribution in [0, 0.1) is 0 Å². The fourth-order valence-electron chi connectivity index (χ4n) is 0.958. The smallest absolute Gasteiger partial charge is 0.269 e. The van der Waals surface area contributed by atoms with E-state index in [1.54, 1.807) is 13.1 Å². The summed E-state index contributed by atoms with van der Waals surface area (Å²) in [5.74, 6) is -0.129. The molecule has 0 aromatic rings. The monoisotopic (exact) mass is 323 g/mol. The maximum Gasteiger partial charge on any atom is 0.269 e. The van der Waals surface area contributed by atoms with Gasteiger partial charge in [0.25, 0.3) is 5.91 Å². The lowest BCUT2D eigenvalue weighted by Gasteiger charge is -2.09. The highest BCUT2D eigenvalue weighted by atomic mass is 127. The predicted molar refractivity (Wildman–Crippen MR) is 70.5 cm³/mol. The molecule has 0 unspecified atom stereocenters. The van der Waals surface area contributed by atoms with E-state index in [4.69, 9.17) is 4.84 Å². The Morgan fingerprint density at radius 3 is 2.73 bits per heavy atom. The number of nitrogens with zero attached hydrogens (tertiary/aromatic N) is 1. The number of hydrogen-bond acceptors (Lipinski definition) is 2. The van der Waals surface area contributed by atoms with Crippen molar-refractivity contribution in [2.24, 2.45) is 0 Å². The number of allylic oxidation sites excluding steroid dienone is 2. The zero-order chi connectivity index (χ0) is 11.7. The quantitative estimate of drug-likeness (QED) is 0.312. The average molecular weight is 323 g/mol. The van der Waals surface area contributed by atoms with E-state index in [9.17, 15) is 4.79 Å². The van der Waals surface area contributed by atoms with Crippen LogP contribution in [0.4, 0.5) is 0 Å². The van der Waals surface area contributed by atoms with Crippen molar-refractivity contribution >= 4 is 28.5 Å². The van der Waals surface area contributed by atoms with Gasteiger partial charge in [0.15, 0.2) is 0 Å². The Morgan fingerprint density at radius 2 is 2.20 bits per heavy atom. The SMILES string of the molecule is C=C(I)CCCC/C=C/C(=O)N(C)OC. The maximum absolute atomic E-state index is 11.2. The van der Waals surface area contributed by atoms with E-state index in [0.29, 0.717) is 0 Å². The van der Waals surface area contributed by atoms with Crippen molar-refractivity contribution < 1.29 is 9.63 Å². The molecule has 0 rings (SSSR count). The number of rotatable bonds is 7. The van der Waals surface area contributed by atoms with Crippen LogP contribution in [0.1, 0.15) is 25.7 Å². The van der Waals surface area contributed by atoms with Crippen molar-refractivity contribution in [1.29, 1.82) is 0 Å². The summed E-state index contributed by atoms with van der Waals surface area (Å²) in [6.07, 6.45) is 7.62. The van der Waals surface area contributed by atoms with Gasteiger partial charge in [-0.1, -0.05) is 12.7 Å². The molecule has 15 heavy (non-hydrogen) atoms. The van der Waals surface area contributed by atoms with E-state index < -0.39 is 0 Å². The molecule has 86 valence electrons. The molecule has 0 fully saturated rings. The molecule has 0 saturated carbocycles. The molecule has 3 nitrogen and oxygen atoms in total. The highest BCUT2D eigenvalue weighted by Gasteiger charge is 2.00. The molecule has 0 aromatic carbocycles. The van der Waals surface area contributed by atoms with Crippen LogP contribution in [0.5, 0.6) is 0 Å². The van der Waals surface area contributed by atoms with Gasteiger partial charge in [0.2, 0.25) is 0 Å². The first-order valence-corrected chi connectivity index (χ1v) is 5.97. The molecule has 0 spiro atoms.